The molecule has 2 heterocycles. The van der Waals surface area contributed by atoms with E-state index >= 15 is 0 Å². The highest BCUT2D eigenvalue weighted by molar-refractivity contribution is 7.09. The van der Waals surface area contributed by atoms with Crippen LogP contribution >= 0.6 is 11.3 Å². The van der Waals surface area contributed by atoms with Crippen LogP contribution in [-0.4, -0.2) is 49.0 Å². The molecule has 162 valence electrons. The largest absolute Gasteiger partial charge is 0.497 e. The van der Waals surface area contributed by atoms with Gasteiger partial charge in [0.2, 0.25) is 5.91 Å². The Morgan fingerprint density at radius 3 is 2.83 bits per heavy atom. The van der Waals surface area contributed by atoms with Gasteiger partial charge in [-0.2, -0.15) is 0 Å². The number of methoxy groups -OCH3 is 2. The minimum Gasteiger partial charge on any atom is -0.497 e. The summed E-state index contributed by atoms with van der Waals surface area (Å²) in [4.78, 5) is 31.2. The van der Waals surface area contributed by atoms with Gasteiger partial charge in [-0.1, -0.05) is 0 Å². The molecule has 1 unspecified atom stereocenters. The molecule has 2 aromatic rings. The Morgan fingerprint density at radius 2 is 2.13 bits per heavy atom. The van der Waals surface area contributed by atoms with E-state index in [1.54, 1.807) is 20.3 Å². The highest BCUT2D eigenvalue weighted by Gasteiger charge is 2.26. The smallest absolute Gasteiger partial charge is 0.273 e. The molecule has 1 aliphatic heterocycles. The van der Waals surface area contributed by atoms with Crippen LogP contribution in [0.25, 0.3) is 0 Å². The molecular formula is C22H29N3O4S. The van der Waals surface area contributed by atoms with E-state index in [-0.39, 0.29) is 11.8 Å². The third-order valence-electron chi connectivity index (χ3n) is 5.39. The Labute approximate surface area is 181 Å². The molecule has 0 radical (unpaired) electrons. The quantitative estimate of drug-likeness (QED) is 0.693. The fraction of sp³-hybridized carbons (Fsp3) is 0.500. The van der Waals surface area contributed by atoms with E-state index in [2.05, 4.69) is 10.3 Å². The number of hydrogen-bond acceptors (Lipinski definition) is 6. The molecule has 30 heavy (non-hydrogen) atoms. The molecule has 0 bridgehead atoms. The molecule has 1 N–H and O–H groups in total. The van der Waals surface area contributed by atoms with Gasteiger partial charge >= 0.3 is 0 Å². The summed E-state index contributed by atoms with van der Waals surface area (Å²) in [5.74, 6) is 1.75. The summed E-state index contributed by atoms with van der Waals surface area (Å²) < 4.78 is 10.6. The van der Waals surface area contributed by atoms with E-state index < -0.39 is 0 Å². The number of amides is 2. The number of thiazole rings is 1. The number of hydrogen-bond donors (Lipinski definition) is 1. The van der Waals surface area contributed by atoms with Crippen molar-refractivity contribution < 1.29 is 19.1 Å². The van der Waals surface area contributed by atoms with E-state index in [9.17, 15) is 9.59 Å². The van der Waals surface area contributed by atoms with Crippen LogP contribution in [0.5, 0.6) is 11.5 Å². The Morgan fingerprint density at radius 1 is 1.30 bits per heavy atom. The highest BCUT2D eigenvalue weighted by Crippen LogP contribution is 2.25. The summed E-state index contributed by atoms with van der Waals surface area (Å²) in [6, 6.07) is 5.54. The normalized spacial score (nSPS) is 16.2. The van der Waals surface area contributed by atoms with Crippen molar-refractivity contribution in [2.75, 3.05) is 27.3 Å². The van der Waals surface area contributed by atoms with Gasteiger partial charge in [-0.3, -0.25) is 9.59 Å². The first-order valence-electron chi connectivity index (χ1n) is 10.2. The highest BCUT2D eigenvalue weighted by atomic mass is 32.1. The summed E-state index contributed by atoms with van der Waals surface area (Å²) in [5, 5.41) is 5.69. The number of carbonyl (C=O) groups is 2. The number of rotatable bonds is 8. The first kappa shape index (κ1) is 22.1. The number of benzene rings is 1. The van der Waals surface area contributed by atoms with Crippen molar-refractivity contribution in [3.8, 4) is 11.5 Å². The van der Waals surface area contributed by atoms with Crippen LogP contribution in [0, 0.1) is 12.8 Å². The van der Waals surface area contributed by atoms with Crippen LogP contribution in [0.4, 0.5) is 0 Å². The van der Waals surface area contributed by atoms with Crippen molar-refractivity contribution in [1.82, 2.24) is 15.2 Å². The molecule has 0 spiro atoms. The first-order valence-corrected chi connectivity index (χ1v) is 11.1. The van der Waals surface area contributed by atoms with Crippen molar-refractivity contribution in [2.45, 2.75) is 39.2 Å². The maximum Gasteiger partial charge on any atom is 0.273 e. The summed E-state index contributed by atoms with van der Waals surface area (Å²) in [6.07, 6.45) is 3.22. The minimum atomic E-state index is 0.0000947. The fourth-order valence-corrected chi connectivity index (χ4v) is 4.31. The zero-order valence-electron chi connectivity index (χ0n) is 17.8. The second-order valence-electron chi connectivity index (χ2n) is 7.50. The van der Waals surface area contributed by atoms with Gasteiger partial charge in [-0.15, -0.1) is 11.3 Å². The second-order valence-corrected chi connectivity index (χ2v) is 8.57. The molecule has 2 amide bonds. The van der Waals surface area contributed by atoms with Crippen LogP contribution in [0.3, 0.4) is 0 Å². The molecule has 1 atom stereocenters. The molecule has 8 heteroatoms. The zero-order chi connectivity index (χ0) is 21.5. The van der Waals surface area contributed by atoms with Gasteiger partial charge in [0, 0.05) is 43.1 Å². The van der Waals surface area contributed by atoms with Crippen molar-refractivity contribution in [3.05, 3.63) is 39.8 Å². The van der Waals surface area contributed by atoms with Gasteiger partial charge in [0.25, 0.3) is 5.91 Å². The third kappa shape index (κ3) is 5.72. The molecule has 1 aliphatic rings. The first-order chi connectivity index (χ1) is 14.5. The maximum atomic E-state index is 12.6. The number of nitrogens with zero attached hydrogens (tertiary/aromatic N) is 2. The Bertz CT molecular complexity index is 883. The fourth-order valence-electron chi connectivity index (χ4n) is 3.72. The van der Waals surface area contributed by atoms with Crippen LogP contribution in [0.1, 0.15) is 46.7 Å². The van der Waals surface area contributed by atoms with Gasteiger partial charge in [0.15, 0.2) is 0 Å². The van der Waals surface area contributed by atoms with Crippen LogP contribution in [0.2, 0.25) is 0 Å². The molecule has 1 aromatic heterocycles. The van der Waals surface area contributed by atoms with E-state index in [1.807, 2.05) is 29.3 Å². The number of nitrogens with one attached hydrogen (secondary N) is 1. The van der Waals surface area contributed by atoms with Crippen molar-refractivity contribution in [3.63, 3.8) is 0 Å². The van der Waals surface area contributed by atoms with Gasteiger partial charge in [0.05, 0.1) is 19.2 Å². The van der Waals surface area contributed by atoms with Crippen LogP contribution < -0.4 is 14.8 Å². The Hall–Kier alpha value is -2.61. The van der Waals surface area contributed by atoms with Gasteiger partial charge in [-0.05, 0) is 44.2 Å². The summed E-state index contributed by atoms with van der Waals surface area (Å²) in [7, 11) is 3.21. The lowest BCUT2D eigenvalue weighted by atomic mass is 9.93. The molecule has 0 saturated carbocycles. The predicted octanol–water partition coefficient (Wildman–Crippen LogP) is 3.42. The van der Waals surface area contributed by atoms with Crippen molar-refractivity contribution in [2.24, 2.45) is 5.92 Å². The van der Waals surface area contributed by atoms with Crippen molar-refractivity contribution in [1.29, 1.82) is 0 Å². The standard InChI is InChI=1S/C22H29N3O4S/c1-15-24-19(14-30-15)22(27)25-10-4-5-16(13-25)6-9-21(26)23-12-17-7-8-18(28-2)11-20(17)29-3/h7-8,11,14,16H,4-6,9-10,12-13H2,1-3H3,(H,23,26). The van der Waals surface area contributed by atoms with Gasteiger partial charge in [-0.25, -0.2) is 4.98 Å². The summed E-state index contributed by atoms with van der Waals surface area (Å²) >= 11 is 1.49. The van der Waals surface area contributed by atoms with E-state index in [0.29, 0.717) is 42.6 Å². The lowest BCUT2D eigenvalue weighted by molar-refractivity contribution is -0.121. The maximum absolute atomic E-state index is 12.6. The average Bonchev–Trinajstić information content (AvgIpc) is 3.22. The number of aromatic nitrogens is 1. The van der Waals surface area contributed by atoms with E-state index in [4.69, 9.17) is 9.47 Å². The number of piperidine rings is 1. The average molecular weight is 432 g/mol. The molecule has 1 saturated heterocycles. The monoisotopic (exact) mass is 431 g/mol. The van der Waals surface area contributed by atoms with Gasteiger partial charge < -0.3 is 19.7 Å². The van der Waals surface area contributed by atoms with Gasteiger partial charge in [0.1, 0.15) is 17.2 Å². The third-order valence-corrected chi connectivity index (χ3v) is 6.17. The molecule has 0 aliphatic carbocycles. The number of likely N-dealkylation sites (tertiary alicyclic amines) is 1. The molecule has 3 rings (SSSR count). The Kier molecular flexibility index (Phi) is 7.68. The lowest BCUT2D eigenvalue weighted by Crippen LogP contribution is -2.40. The summed E-state index contributed by atoms with van der Waals surface area (Å²) in [6.45, 7) is 3.76. The molecular weight excluding hydrogens is 402 g/mol. The number of carbonyl (C=O) groups excluding carboxylic acids is 2. The molecule has 1 fully saturated rings. The second kappa shape index (κ2) is 10.4. The SMILES string of the molecule is COc1ccc(CNC(=O)CCC2CCCN(C(=O)c3csc(C)n3)C2)c(OC)c1. The molecule has 1 aromatic carbocycles. The lowest BCUT2D eigenvalue weighted by Gasteiger charge is -2.32. The molecule has 7 nitrogen and oxygen atoms in total. The van der Waals surface area contributed by atoms with Crippen LogP contribution in [-0.2, 0) is 11.3 Å². The summed E-state index contributed by atoms with van der Waals surface area (Å²) in [5.41, 5.74) is 1.43. The topological polar surface area (TPSA) is 80.8 Å². The van der Waals surface area contributed by atoms with Crippen LogP contribution in [0.15, 0.2) is 23.6 Å². The minimum absolute atomic E-state index is 0.0000947. The van der Waals surface area contributed by atoms with E-state index in [1.165, 1.54) is 11.3 Å². The van der Waals surface area contributed by atoms with E-state index in [0.717, 1.165) is 36.4 Å². The number of ether oxygens (including phenoxy) is 2. The zero-order valence-corrected chi connectivity index (χ0v) is 18.6. The number of aryl methyl sites for hydroxylation is 1. The Balaban J connectivity index is 1.46. The predicted molar refractivity (Wildman–Crippen MR) is 116 cm³/mol. The van der Waals surface area contributed by atoms with Crippen molar-refractivity contribution >= 4 is 23.2 Å².